The molecule has 3 heterocycles. The fourth-order valence-electron chi connectivity index (χ4n) is 6.00. The van der Waals surface area contributed by atoms with Crippen LogP contribution in [-0.4, -0.2) is 42.4 Å². The largest absolute Gasteiger partial charge is 0.273 e. The third-order valence-electron chi connectivity index (χ3n) is 8.04. The maximum atomic E-state index is 14.1. The Morgan fingerprint density at radius 2 is 1.62 bits per heavy atom. The van der Waals surface area contributed by atoms with Crippen LogP contribution in [0.3, 0.4) is 0 Å². The molecule has 1 saturated carbocycles. The molecule has 0 bridgehead atoms. The molecule has 1 aromatic heterocycles. The summed E-state index contributed by atoms with van der Waals surface area (Å²) in [5, 5.41) is 9.81. The predicted molar refractivity (Wildman–Crippen MR) is 161 cm³/mol. The number of thiophene rings is 1. The number of sulfonamides is 1. The lowest BCUT2D eigenvalue weighted by molar-refractivity contribution is -0.139. The van der Waals surface area contributed by atoms with Crippen LogP contribution in [-0.2, 0) is 14.8 Å². The number of carbonyl (C=O) groups excluding carboxylic acids is 1. The van der Waals surface area contributed by atoms with Crippen LogP contribution in [0.2, 0.25) is 10.0 Å². The van der Waals surface area contributed by atoms with Crippen LogP contribution in [0.15, 0.2) is 80.9 Å². The molecule has 2 aliphatic heterocycles. The van der Waals surface area contributed by atoms with Gasteiger partial charge < -0.3 is 0 Å². The van der Waals surface area contributed by atoms with Gasteiger partial charge in [0.2, 0.25) is 5.91 Å². The van der Waals surface area contributed by atoms with Gasteiger partial charge in [-0.3, -0.25) is 4.79 Å². The van der Waals surface area contributed by atoms with Crippen molar-refractivity contribution in [3.63, 3.8) is 0 Å². The molecule has 0 spiro atoms. The second kappa shape index (κ2) is 11.4. The Balaban J connectivity index is 1.28. The van der Waals surface area contributed by atoms with Crippen LogP contribution >= 0.6 is 34.5 Å². The van der Waals surface area contributed by atoms with E-state index in [-0.39, 0.29) is 23.8 Å². The number of fused-ring (bicyclic) bond motifs is 1. The molecule has 208 valence electrons. The summed E-state index contributed by atoms with van der Waals surface area (Å²) in [4.78, 5) is 14.1. The van der Waals surface area contributed by atoms with E-state index in [9.17, 15) is 13.2 Å². The molecule has 0 N–H and O–H groups in total. The molecular formula is C30H29Cl2N3O3S2. The van der Waals surface area contributed by atoms with Gasteiger partial charge in [-0.2, -0.15) is 9.41 Å². The van der Waals surface area contributed by atoms with Gasteiger partial charge in [0.05, 0.1) is 11.8 Å². The van der Waals surface area contributed by atoms with Crippen LogP contribution in [0.5, 0.6) is 0 Å². The van der Waals surface area contributed by atoms with Gasteiger partial charge in [-0.15, -0.1) is 11.3 Å². The summed E-state index contributed by atoms with van der Waals surface area (Å²) in [5.74, 6) is -0.254. The van der Waals surface area contributed by atoms with Crippen LogP contribution in [0.1, 0.15) is 49.3 Å². The molecule has 6 nitrogen and oxygen atoms in total. The second-order valence-corrected chi connectivity index (χ2v) is 14.5. The fraction of sp³-hybridized carbons (Fsp3) is 0.333. The molecule has 10 heteroatoms. The molecular weight excluding hydrogens is 585 g/mol. The lowest BCUT2D eigenvalue weighted by Crippen LogP contribution is -2.43. The van der Waals surface area contributed by atoms with Gasteiger partial charge in [-0.1, -0.05) is 53.5 Å². The third kappa shape index (κ3) is 5.40. The van der Waals surface area contributed by atoms with E-state index in [0.717, 1.165) is 41.7 Å². The Kier molecular flexibility index (Phi) is 7.90. The molecule has 2 fully saturated rings. The van der Waals surface area contributed by atoms with Gasteiger partial charge in [-0.25, -0.2) is 13.4 Å². The lowest BCUT2D eigenvalue weighted by Gasteiger charge is -2.34. The third-order valence-corrected chi connectivity index (χ3v) is 11.8. The van der Waals surface area contributed by atoms with Crippen molar-refractivity contribution >= 4 is 62.3 Å². The average Bonchev–Trinajstić information content (AvgIpc) is 3.64. The summed E-state index contributed by atoms with van der Waals surface area (Å²) in [6.45, 7) is 0.635. The van der Waals surface area contributed by atoms with Crippen LogP contribution in [0.25, 0.3) is 6.08 Å². The van der Waals surface area contributed by atoms with Crippen LogP contribution in [0.4, 0.5) is 0 Å². The van der Waals surface area contributed by atoms with Gasteiger partial charge in [0.25, 0.3) is 10.0 Å². The minimum Gasteiger partial charge on any atom is -0.273 e. The Morgan fingerprint density at radius 1 is 0.950 bits per heavy atom. The number of hydrazone groups is 1. The Morgan fingerprint density at radius 3 is 2.27 bits per heavy atom. The highest BCUT2D eigenvalue weighted by molar-refractivity contribution is 7.91. The van der Waals surface area contributed by atoms with Gasteiger partial charge in [0.15, 0.2) is 0 Å². The van der Waals surface area contributed by atoms with Gasteiger partial charge >= 0.3 is 0 Å². The summed E-state index contributed by atoms with van der Waals surface area (Å²) in [5.41, 5.74) is 4.17. The monoisotopic (exact) mass is 613 g/mol. The molecule has 3 aliphatic rings. The van der Waals surface area contributed by atoms with Crippen molar-refractivity contribution in [2.75, 3.05) is 13.1 Å². The van der Waals surface area contributed by atoms with Gasteiger partial charge in [0, 0.05) is 35.0 Å². The van der Waals surface area contributed by atoms with Crippen LogP contribution < -0.4 is 0 Å². The molecule has 3 aromatic rings. The van der Waals surface area contributed by atoms with Crippen LogP contribution in [0, 0.1) is 11.8 Å². The standard InChI is InChI=1S/C30H29Cl2N3O3S2/c31-24-10-6-20(7-11-24)19-23-3-1-4-26-28(23)33-35(29(26)21-8-12-25(32)13-9-21)30(36)22-14-16-34(17-15-22)40(37,38)27-5-2-18-39-27/h2,5-13,18-19,22,26,29H,1,3-4,14-17H2/b23-19-/t26-,29+/m1/s1. The Bertz CT molecular complexity index is 1540. The van der Waals surface area contributed by atoms with E-state index in [0.29, 0.717) is 40.2 Å². The van der Waals surface area contributed by atoms with Crippen molar-refractivity contribution in [3.8, 4) is 0 Å². The summed E-state index contributed by atoms with van der Waals surface area (Å²) < 4.78 is 27.9. The highest BCUT2D eigenvalue weighted by Crippen LogP contribution is 2.45. The number of piperidine rings is 1. The molecule has 0 unspecified atom stereocenters. The quantitative estimate of drug-likeness (QED) is 0.303. The zero-order valence-electron chi connectivity index (χ0n) is 21.7. The van der Waals surface area contributed by atoms with E-state index in [1.807, 2.05) is 48.5 Å². The van der Waals surface area contributed by atoms with E-state index >= 15 is 0 Å². The maximum absolute atomic E-state index is 14.1. The zero-order valence-corrected chi connectivity index (χ0v) is 24.9. The first-order valence-electron chi connectivity index (χ1n) is 13.5. The number of rotatable bonds is 5. The first-order chi connectivity index (χ1) is 19.3. The van der Waals surface area contributed by atoms with E-state index in [1.54, 1.807) is 22.5 Å². The minimum atomic E-state index is -3.53. The first-order valence-corrected chi connectivity index (χ1v) is 16.6. The van der Waals surface area contributed by atoms with Gasteiger partial charge in [-0.05, 0) is 90.6 Å². The van der Waals surface area contributed by atoms with Crippen molar-refractivity contribution in [1.82, 2.24) is 9.31 Å². The van der Waals surface area contributed by atoms with E-state index in [2.05, 4.69) is 6.08 Å². The van der Waals surface area contributed by atoms with Crippen molar-refractivity contribution in [2.45, 2.75) is 42.4 Å². The smallest absolute Gasteiger partial charge is 0.252 e. The molecule has 6 rings (SSSR count). The number of halogens is 2. The zero-order chi connectivity index (χ0) is 27.9. The lowest BCUT2D eigenvalue weighted by atomic mass is 9.77. The molecule has 40 heavy (non-hydrogen) atoms. The maximum Gasteiger partial charge on any atom is 0.252 e. The fourth-order valence-corrected chi connectivity index (χ4v) is 8.87. The van der Waals surface area contributed by atoms with E-state index < -0.39 is 10.0 Å². The van der Waals surface area contributed by atoms with E-state index in [1.165, 1.54) is 15.6 Å². The average molecular weight is 615 g/mol. The first kappa shape index (κ1) is 27.7. The number of hydrogen-bond acceptors (Lipinski definition) is 5. The number of nitrogens with zero attached hydrogens (tertiary/aromatic N) is 3. The minimum absolute atomic E-state index is 0.0409. The Labute approximate surface area is 249 Å². The summed E-state index contributed by atoms with van der Waals surface area (Å²) >= 11 is 13.5. The number of amides is 1. The topological polar surface area (TPSA) is 70.1 Å². The normalized spacial score (nSPS) is 23.3. The van der Waals surface area contributed by atoms with Crippen molar-refractivity contribution in [3.05, 3.63) is 92.8 Å². The van der Waals surface area contributed by atoms with E-state index in [4.69, 9.17) is 28.3 Å². The molecule has 2 atom stereocenters. The van der Waals surface area contributed by atoms with Gasteiger partial charge in [0.1, 0.15) is 4.21 Å². The Hall–Kier alpha value is -2.49. The number of benzene rings is 2. The molecule has 1 amide bonds. The number of hydrogen-bond donors (Lipinski definition) is 0. The molecule has 1 aliphatic carbocycles. The highest BCUT2D eigenvalue weighted by atomic mass is 35.5. The SMILES string of the molecule is O=C(C1CCN(S(=O)(=O)c2cccs2)CC1)N1N=C2/C(=C\c3ccc(Cl)cc3)CCC[C@H]2[C@@H]1c1ccc(Cl)cc1. The van der Waals surface area contributed by atoms with Crippen molar-refractivity contribution in [2.24, 2.45) is 16.9 Å². The predicted octanol–water partition coefficient (Wildman–Crippen LogP) is 7.28. The number of allylic oxidation sites excluding steroid dienone is 1. The van der Waals surface area contributed by atoms with Crippen molar-refractivity contribution < 1.29 is 13.2 Å². The highest BCUT2D eigenvalue weighted by Gasteiger charge is 2.46. The molecule has 2 aromatic carbocycles. The second-order valence-electron chi connectivity index (χ2n) is 10.5. The number of carbonyl (C=O) groups is 1. The molecule has 0 radical (unpaired) electrons. The summed E-state index contributed by atoms with van der Waals surface area (Å²) in [6, 6.07) is 18.6. The summed E-state index contributed by atoms with van der Waals surface area (Å²) in [6.07, 6.45) is 5.93. The summed E-state index contributed by atoms with van der Waals surface area (Å²) in [7, 11) is -3.53. The van der Waals surface area contributed by atoms with Crippen molar-refractivity contribution in [1.29, 1.82) is 0 Å². The molecule has 1 saturated heterocycles.